The molecule has 2 rings (SSSR count). The summed E-state index contributed by atoms with van der Waals surface area (Å²) < 4.78 is 12.1. The van der Waals surface area contributed by atoms with Crippen LogP contribution in [0.5, 0.6) is 0 Å². The lowest BCUT2D eigenvalue weighted by Gasteiger charge is -2.07. The van der Waals surface area contributed by atoms with Gasteiger partial charge >= 0.3 is 5.97 Å². The topological polar surface area (TPSA) is 83.5 Å². The molecular formula is C17H16ClNO4S. The standard InChI is InChI=1S/C17H16ClNO4S/c1-11-2-7-14(8-15(11)18)19-16(20)10-24(23)9-12-3-5-13(6-4-12)17(21)22/h2-8H,9-10H2,1H3,(H,19,20)(H,21,22). The largest absolute Gasteiger partial charge is 0.478 e. The molecule has 1 unspecified atom stereocenters. The summed E-state index contributed by atoms with van der Waals surface area (Å²) in [5, 5.41) is 12.0. The maximum atomic E-state index is 12.1. The van der Waals surface area contributed by atoms with Crippen LogP contribution in [0.15, 0.2) is 42.5 Å². The number of hydrogen-bond acceptors (Lipinski definition) is 3. The van der Waals surface area contributed by atoms with Gasteiger partial charge < -0.3 is 10.4 Å². The Labute approximate surface area is 147 Å². The minimum absolute atomic E-state index is 0.147. The third-order valence-electron chi connectivity index (χ3n) is 3.28. The zero-order chi connectivity index (χ0) is 17.7. The summed E-state index contributed by atoms with van der Waals surface area (Å²) >= 11 is 5.99. The molecule has 1 amide bonds. The number of benzene rings is 2. The molecule has 126 valence electrons. The van der Waals surface area contributed by atoms with Gasteiger partial charge in [0.25, 0.3) is 0 Å². The van der Waals surface area contributed by atoms with E-state index in [1.807, 2.05) is 6.92 Å². The minimum Gasteiger partial charge on any atom is -0.478 e. The maximum Gasteiger partial charge on any atom is 0.335 e. The summed E-state index contributed by atoms with van der Waals surface area (Å²) in [6.45, 7) is 1.86. The Morgan fingerprint density at radius 2 is 1.83 bits per heavy atom. The van der Waals surface area contributed by atoms with Gasteiger partial charge in [0, 0.05) is 27.3 Å². The number of carboxylic acids is 1. The first-order valence-corrected chi connectivity index (χ1v) is 8.95. The first-order valence-electron chi connectivity index (χ1n) is 7.08. The molecule has 2 N–H and O–H groups in total. The number of nitrogens with one attached hydrogen (secondary N) is 1. The molecule has 0 bridgehead atoms. The molecule has 0 saturated carbocycles. The maximum absolute atomic E-state index is 12.1. The van der Waals surface area contributed by atoms with Gasteiger partial charge in [0.2, 0.25) is 5.91 Å². The molecule has 0 heterocycles. The van der Waals surface area contributed by atoms with Crippen LogP contribution >= 0.6 is 11.6 Å². The highest BCUT2D eigenvalue weighted by Gasteiger charge is 2.10. The van der Waals surface area contributed by atoms with E-state index in [0.717, 1.165) is 5.56 Å². The molecule has 0 spiro atoms. The van der Waals surface area contributed by atoms with Gasteiger partial charge in [-0.1, -0.05) is 29.8 Å². The Bertz CT molecular complexity index is 790. The lowest BCUT2D eigenvalue weighted by Crippen LogP contribution is -2.20. The van der Waals surface area contributed by atoms with Gasteiger partial charge in [-0.25, -0.2) is 4.79 Å². The van der Waals surface area contributed by atoms with E-state index >= 15 is 0 Å². The Kier molecular flexibility index (Phi) is 6.11. The lowest BCUT2D eigenvalue weighted by molar-refractivity contribution is -0.113. The van der Waals surface area contributed by atoms with Gasteiger partial charge in [-0.05, 0) is 42.3 Å². The highest BCUT2D eigenvalue weighted by atomic mass is 35.5. The fourth-order valence-electron chi connectivity index (χ4n) is 1.99. The van der Waals surface area contributed by atoms with E-state index < -0.39 is 16.8 Å². The molecule has 7 heteroatoms. The summed E-state index contributed by atoms with van der Waals surface area (Å²) in [5.41, 5.74) is 2.34. The van der Waals surface area contributed by atoms with Crippen LogP contribution in [-0.2, 0) is 21.3 Å². The van der Waals surface area contributed by atoms with Gasteiger partial charge in [-0.3, -0.25) is 9.00 Å². The molecule has 5 nitrogen and oxygen atoms in total. The first-order chi connectivity index (χ1) is 11.3. The molecule has 2 aromatic rings. The summed E-state index contributed by atoms with van der Waals surface area (Å²) in [6.07, 6.45) is 0. The first kappa shape index (κ1) is 18.2. The summed E-state index contributed by atoms with van der Waals surface area (Å²) in [4.78, 5) is 22.7. The van der Waals surface area contributed by atoms with E-state index in [1.54, 1.807) is 30.3 Å². The monoisotopic (exact) mass is 365 g/mol. The number of carboxylic acid groups (broad SMARTS) is 1. The zero-order valence-corrected chi connectivity index (χ0v) is 14.5. The molecular weight excluding hydrogens is 350 g/mol. The Morgan fingerprint density at radius 1 is 1.17 bits per heavy atom. The summed E-state index contributed by atoms with van der Waals surface area (Å²) in [5.74, 6) is -1.34. The van der Waals surface area contributed by atoms with Crippen molar-refractivity contribution in [2.75, 3.05) is 11.1 Å². The van der Waals surface area contributed by atoms with Crippen LogP contribution in [-0.4, -0.2) is 26.9 Å². The van der Waals surface area contributed by atoms with Crippen molar-refractivity contribution in [1.29, 1.82) is 0 Å². The highest BCUT2D eigenvalue weighted by Crippen LogP contribution is 2.20. The van der Waals surface area contributed by atoms with Gasteiger partial charge in [-0.2, -0.15) is 0 Å². The van der Waals surface area contributed by atoms with Crippen LogP contribution in [0.1, 0.15) is 21.5 Å². The molecule has 0 aromatic heterocycles. The van der Waals surface area contributed by atoms with Crippen LogP contribution in [0.2, 0.25) is 5.02 Å². The zero-order valence-electron chi connectivity index (χ0n) is 12.9. The smallest absolute Gasteiger partial charge is 0.335 e. The predicted molar refractivity (Wildman–Crippen MR) is 94.9 cm³/mol. The second-order valence-electron chi connectivity index (χ2n) is 5.24. The lowest BCUT2D eigenvalue weighted by atomic mass is 10.1. The van der Waals surface area contributed by atoms with Gasteiger partial charge in [0.15, 0.2) is 0 Å². The van der Waals surface area contributed by atoms with E-state index in [0.29, 0.717) is 16.3 Å². The Balaban J connectivity index is 1.90. The van der Waals surface area contributed by atoms with Crippen molar-refractivity contribution in [3.05, 3.63) is 64.2 Å². The number of hydrogen-bond donors (Lipinski definition) is 2. The number of amides is 1. The molecule has 0 radical (unpaired) electrons. The quantitative estimate of drug-likeness (QED) is 0.823. The molecule has 0 aliphatic heterocycles. The molecule has 0 aliphatic carbocycles. The van der Waals surface area contributed by atoms with Crippen LogP contribution < -0.4 is 5.32 Å². The molecule has 0 fully saturated rings. The van der Waals surface area contributed by atoms with Crippen LogP contribution in [0.4, 0.5) is 5.69 Å². The van der Waals surface area contributed by atoms with Gasteiger partial charge in [-0.15, -0.1) is 0 Å². The van der Waals surface area contributed by atoms with Gasteiger partial charge in [0.05, 0.1) is 5.56 Å². The number of anilines is 1. The Hall–Kier alpha value is -2.18. The van der Waals surface area contributed by atoms with Crippen molar-refractivity contribution in [2.45, 2.75) is 12.7 Å². The number of carbonyl (C=O) groups is 2. The van der Waals surface area contributed by atoms with Crippen molar-refractivity contribution in [2.24, 2.45) is 0 Å². The van der Waals surface area contributed by atoms with Crippen LogP contribution in [0.3, 0.4) is 0 Å². The van der Waals surface area contributed by atoms with Crippen molar-refractivity contribution >= 4 is 40.0 Å². The van der Waals surface area contributed by atoms with E-state index in [9.17, 15) is 13.8 Å². The predicted octanol–water partition coefficient (Wildman–Crippen LogP) is 3.23. The van der Waals surface area contributed by atoms with Crippen molar-refractivity contribution < 1.29 is 18.9 Å². The highest BCUT2D eigenvalue weighted by molar-refractivity contribution is 7.84. The summed E-state index contributed by atoms with van der Waals surface area (Å²) in [7, 11) is -1.39. The third-order valence-corrected chi connectivity index (χ3v) is 4.92. The molecule has 2 aromatic carbocycles. The van der Waals surface area contributed by atoms with Gasteiger partial charge in [0.1, 0.15) is 5.75 Å². The van der Waals surface area contributed by atoms with Crippen molar-refractivity contribution in [3.63, 3.8) is 0 Å². The molecule has 24 heavy (non-hydrogen) atoms. The van der Waals surface area contributed by atoms with Crippen molar-refractivity contribution in [1.82, 2.24) is 0 Å². The Morgan fingerprint density at radius 3 is 2.42 bits per heavy atom. The molecule has 0 aliphatic rings. The van der Waals surface area contributed by atoms with Crippen LogP contribution in [0, 0.1) is 6.92 Å². The second kappa shape index (κ2) is 8.08. The fraction of sp³-hybridized carbons (Fsp3) is 0.176. The average Bonchev–Trinajstić information content (AvgIpc) is 2.51. The van der Waals surface area contributed by atoms with Crippen molar-refractivity contribution in [3.8, 4) is 0 Å². The van der Waals surface area contributed by atoms with Crippen LogP contribution in [0.25, 0.3) is 0 Å². The number of aromatic carboxylic acids is 1. The SMILES string of the molecule is Cc1ccc(NC(=O)CS(=O)Cc2ccc(C(=O)O)cc2)cc1Cl. The average molecular weight is 366 g/mol. The number of aryl methyl sites for hydroxylation is 1. The minimum atomic E-state index is -1.39. The number of rotatable bonds is 6. The molecule has 0 saturated heterocycles. The number of carbonyl (C=O) groups excluding carboxylic acids is 1. The normalized spacial score (nSPS) is 11.8. The summed E-state index contributed by atoms with van der Waals surface area (Å²) in [6, 6.07) is 11.2. The third kappa shape index (κ3) is 5.18. The van der Waals surface area contributed by atoms with E-state index in [1.165, 1.54) is 12.1 Å². The van der Waals surface area contributed by atoms with E-state index in [4.69, 9.17) is 16.7 Å². The second-order valence-corrected chi connectivity index (χ2v) is 7.11. The molecule has 1 atom stereocenters. The van der Waals surface area contributed by atoms with E-state index in [2.05, 4.69) is 5.32 Å². The fourth-order valence-corrected chi connectivity index (χ4v) is 3.21. The number of halogens is 1. The van der Waals surface area contributed by atoms with E-state index in [-0.39, 0.29) is 23.0 Å².